The second kappa shape index (κ2) is 9.63. The van der Waals surface area contributed by atoms with Gasteiger partial charge in [0.2, 0.25) is 0 Å². The predicted molar refractivity (Wildman–Crippen MR) is 113 cm³/mol. The fourth-order valence-electron chi connectivity index (χ4n) is 5.32. The van der Waals surface area contributed by atoms with Gasteiger partial charge >= 0.3 is 5.97 Å². The van der Waals surface area contributed by atoms with E-state index in [1.807, 2.05) is 18.2 Å². The molecule has 4 nitrogen and oxygen atoms in total. The topological polar surface area (TPSA) is 46.5 Å². The van der Waals surface area contributed by atoms with Gasteiger partial charge in [-0.05, 0) is 17.5 Å². The van der Waals surface area contributed by atoms with Crippen LogP contribution in [-0.2, 0) is 22.5 Å². The van der Waals surface area contributed by atoms with Gasteiger partial charge in [0.1, 0.15) is 12.6 Å². The Bertz CT molecular complexity index is 825. The van der Waals surface area contributed by atoms with Crippen molar-refractivity contribution in [2.75, 3.05) is 7.05 Å². The van der Waals surface area contributed by atoms with E-state index >= 15 is 0 Å². The monoisotopic (exact) mass is 473 g/mol. The summed E-state index contributed by atoms with van der Waals surface area (Å²) in [5, 5.41) is 10.3. The van der Waals surface area contributed by atoms with Crippen molar-refractivity contribution in [3.63, 3.8) is 0 Å². The Labute approximate surface area is 190 Å². The summed E-state index contributed by atoms with van der Waals surface area (Å²) in [7, 11) is 2.37. The van der Waals surface area contributed by atoms with Crippen molar-refractivity contribution in [1.29, 1.82) is 0 Å². The number of hydrogen-bond donors (Lipinski definition) is 1. The number of rotatable bonds is 6. The maximum Gasteiger partial charge on any atom is 0.339 e. The zero-order valence-electron chi connectivity index (χ0n) is 17.8. The highest BCUT2D eigenvalue weighted by Gasteiger charge is 2.52. The number of quaternary nitrogens is 1. The van der Waals surface area contributed by atoms with Gasteiger partial charge in [0.25, 0.3) is 0 Å². The van der Waals surface area contributed by atoms with Crippen LogP contribution in [0, 0.1) is 0 Å². The van der Waals surface area contributed by atoms with Crippen LogP contribution in [0.3, 0.4) is 0 Å². The van der Waals surface area contributed by atoms with Crippen molar-refractivity contribution in [3.05, 3.63) is 71.3 Å². The van der Waals surface area contributed by atoms with E-state index in [2.05, 4.69) is 38.2 Å². The number of aryl methyl sites for hydroxylation is 1. The Morgan fingerprint density at radius 2 is 1.60 bits per heavy atom. The average molecular weight is 474 g/mol. The van der Waals surface area contributed by atoms with Crippen molar-refractivity contribution in [1.82, 2.24) is 0 Å². The third-order valence-corrected chi connectivity index (χ3v) is 7.15. The molecule has 1 N–H and O–H groups in total. The first-order valence-electron chi connectivity index (χ1n) is 10.9. The second-order valence-corrected chi connectivity index (χ2v) is 8.90. The fourth-order valence-corrected chi connectivity index (χ4v) is 5.32. The second-order valence-electron chi connectivity index (χ2n) is 8.90. The number of aliphatic hydroxyl groups is 1. The molecule has 2 saturated heterocycles. The van der Waals surface area contributed by atoms with Crippen molar-refractivity contribution in [3.8, 4) is 0 Å². The van der Waals surface area contributed by atoms with E-state index in [1.165, 1.54) is 24.0 Å². The SMILES string of the molecule is CCc1ccc(C[N+]2(C)[C@@H]3CC[C@@H]2CC(OC(=O)C(O)c2ccccc2)C3)cc1.[Br-]. The van der Waals surface area contributed by atoms with Crippen molar-refractivity contribution in [2.24, 2.45) is 0 Å². The van der Waals surface area contributed by atoms with E-state index in [0.29, 0.717) is 17.6 Å². The highest BCUT2D eigenvalue weighted by molar-refractivity contribution is 5.76. The molecular weight excluding hydrogens is 442 g/mol. The number of carbonyl (C=O) groups is 1. The van der Waals surface area contributed by atoms with Crippen LogP contribution in [0.5, 0.6) is 0 Å². The number of piperidine rings is 1. The summed E-state index contributed by atoms with van der Waals surface area (Å²) in [5.41, 5.74) is 3.35. The lowest BCUT2D eigenvalue weighted by atomic mass is 9.95. The van der Waals surface area contributed by atoms with Crippen LogP contribution in [0.4, 0.5) is 0 Å². The van der Waals surface area contributed by atoms with Crippen molar-refractivity contribution in [2.45, 2.75) is 69.9 Å². The first-order valence-corrected chi connectivity index (χ1v) is 10.9. The number of ether oxygens (including phenoxy) is 1. The number of hydrogen-bond acceptors (Lipinski definition) is 3. The molecule has 0 amide bonds. The summed E-state index contributed by atoms with van der Waals surface area (Å²) in [6.07, 6.45) is 3.91. The van der Waals surface area contributed by atoms with E-state index in [9.17, 15) is 9.90 Å². The van der Waals surface area contributed by atoms with Gasteiger partial charge in [-0.1, -0.05) is 61.5 Å². The zero-order valence-corrected chi connectivity index (χ0v) is 19.4. The number of fused-ring (bicyclic) bond motifs is 2. The van der Waals surface area contributed by atoms with E-state index in [0.717, 1.165) is 30.3 Å². The molecule has 0 aromatic heterocycles. The molecule has 0 aliphatic carbocycles. The molecule has 162 valence electrons. The Morgan fingerprint density at radius 3 is 2.17 bits per heavy atom. The minimum Gasteiger partial charge on any atom is -1.00 e. The highest BCUT2D eigenvalue weighted by atomic mass is 79.9. The molecule has 2 bridgehead atoms. The number of benzene rings is 2. The molecule has 0 radical (unpaired) electrons. The Balaban J connectivity index is 0.00000256. The van der Waals surface area contributed by atoms with E-state index in [-0.39, 0.29) is 23.1 Å². The number of esters is 1. The van der Waals surface area contributed by atoms with Gasteiger partial charge < -0.3 is 31.3 Å². The highest BCUT2D eigenvalue weighted by Crippen LogP contribution is 2.43. The first-order chi connectivity index (χ1) is 14.0. The van der Waals surface area contributed by atoms with Crippen LogP contribution in [0.15, 0.2) is 54.6 Å². The number of halogens is 1. The van der Waals surface area contributed by atoms with E-state index < -0.39 is 12.1 Å². The summed E-state index contributed by atoms with van der Waals surface area (Å²) in [4.78, 5) is 12.5. The van der Waals surface area contributed by atoms with Crippen LogP contribution < -0.4 is 17.0 Å². The minimum atomic E-state index is -1.20. The van der Waals surface area contributed by atoms with E-state index in [1.54, 1.807) is 12.1 Å². The molecule has 1 unspecified atom stereocenters. The fraction of sp³-hybridized carbons (Fsp3) is 0.480. The lowest BCUT2D eigenvalue weighted by Crippen LogP contribution is -3.00. The summed E-state index contributed by atoms with van der Waals surface area (Å²) < 4.78 is 6.81. The molecule has 4 rings (SSSR count). The van der Waals surface area contributed by atoms with E-state index in [4.69, 9.17) is 4.74 Å². The predicted octanol–water partition coefficient (Wildman–Crippen LogP) is 1.17. The lowest BCUT2D eigenvalue weighted by Gasteiger charge is -2.47. The van der Waals surface area contributed by atoms with Crippen LogP contribution in [0.2, 0.25) is 0 Å². The van der Waals surface area contributed by atoms with Crippen LogP contribution in [0.1, 0.15) is 55.4 Å². The quantitative estimate of drug-likeness (QED) is 0.505. The molecule has 2 aliphatic rings. The molecule has 30 heavy (non-hydrogen) atoms. The largest absolute Gasteiger partial charge is 1.00 e. The van der Waals surface area contributed by atoms with Gasteiger partial charge in [0.15, 0.2) is 6.10 Å². The van der Waals surface area contributed by atoms with Gasteiger partial charge in [-0.15, -0.1) is 0 Å². The molecular formula is C25H32BrNO3. The van der Waals surface area contributed by atoms with Gasteiger partial charge in [-0.3, -0.25) is 0 Å². The van der Waals surface area contributed by atoms with Crippen LogP contribution in [-0.4, -0.2) is 40.8 Å². The standard InChI is InChI=1S/C25H32NO3.BrH/c1-3-18-9-11-19(12-10-18)17-26(2)21-13-14-22(26)16-23(15-21)29-25(28)24(27)20-7-5-4-6-8-20;/h4-12,21-24,27H,3,13-17H2,1-2H3;1H/q+1;/p-1/t21-,22-,23?,24?,26?;/m1./s1. The van der Waals surface area contributed by atoms with Gasteiger partial charge in [0.05, 0.1) is 19.1 Å². The van der Waals surface area contributed by atoms with Gasteiger partial charge in [-0.2, -0.15) is 0 Å². The lowest BCUT2D eigenvalue weighted by molar-refractivity contribution is -0.961. The Morgan fingerprint density at radius 1 is 1.03 bits per heavy atom. The molecule has 0 saturated carbocycles. The molecule has 2 heterocycles. The normalized spacial score (nSPS) is 28.4. The summed E-state index contributed by atoms with van der Waals surface area (Å²) in [6.45, 7) is 3.22. The molecule has 2 aromatic carbocycles. The molecule has 2 aliphatic heterocycles. The third-order valence-electron chi connectivity index (χ3n) is 7.15. The molecule has 2 aromatic rings. The zero-order chi connectivity index (χ0) is 20.4. The Kier molecular flexibility index (Phi) is 7.38. The summed E-state index contributed by atoms with van der Waals surface area (Å²) in [5.74, 6) is -0.521. The van der Waals surface area contributed by atoms with Crippen molar-refractivity contribution >= 4 is 5.97 Å². The molecule has 2 fully saturated rings. The minimum absolute atomic E-state index is 0. The van der Waals surface area contributed by atoms with Crippen molar-refractivity contribution < 1.29 is 36.1 Å². The van der Waals surface area contributed by atoms with Gasteiger partial charge in [-0.25, -0.2) is 4.79 Å². The van der Waals surface area contributed by atoms with Gasteiger partial charge in [0, 0.05) is 31.2 Å². The first kappa shape index (κ1) is 23.0. The number of aliphatic hydroxyl groups excluding tert-OH is 1. The average Bonchev–Trinajstić information content (AvgIpc) is 2.91. The maximum absolute atomic E-state index is 12.5. The smallest absolute Gasteiger partial charge is 0.339 e. The molecule has 0 spiro atoms. The molecule has 5 heteroatoms. The number of carbonyl (C=O) groups excluding carboxylic acids is 1. The van der Waals surface area contributed by atoms with Crippen LogP contribution >= 0.6 is 0 Å². The maximum atomic E-state index is 12.5. The molecule has 3 atom stereocenters. The number of nitrogens with zero attached hydrogens (tertiary/aromatic N) is 1. The third kappa shape index (κ3) is 4.63. The van der Waals surface area contributed by atoms with Crippen LogP contribution in [0.25, 0.3) is 0 Å². The Hall–Kier alpha value is -1.69. The summed E-state index contributed by atoms with van der Waals surface area (Å²) in [6, 6.07) is 19.1. The summed E-state index contributed by atoms with van der Waals surface area (Å²) >= 11 is 0.